The fourth-order valence-electron chi connectivity index (χ4n) is 2.84. The van der Waals surface area contributed by atoms with E-state index in [0.717, 1.165) is 32.3 Å². The fraction of sp³-hybridized carbons (Fsp3) is 0. The van der Waals surface area contributed by atoms with Crippen LogP contribution in [-0.4, -0.2) is 30.2 Å². The minimum absolute atomic E-state index is 0.771. The summed E-state index contributed by atoms with van der Waals surface area (Å²) in [6, 6.07) is 20.2. The standard InChI is InChI=1S/C19H13N7S/c1-2-5-13(6-3-1)17-10-16-18(20-11-21-19(16)27-17)23-14-7-4-8-15(9-14)26-12-22-24-25-26/h1-12H,(H,20,21,23). The Morgan fingerprint density at radius 1 is 0.926 bits per heavy atom. The van der Waals surface area contributed by atoms with Crippen LogP contribution in [0.5, 0.6) is 0 Å². The van der Waals surface area contributed by atoms with E-state index in [4.69, 9.17) is 0 Å². The summed E-state index contributed by atoms with van der Waals surface area (Å²) in [5, 5.41) is 15.7. The maximum atomic E-state index is 4.44. The van der Waals surface area contributed by atoms with Crippen LogP contribution in [0.15, 0.2) is 73.3 Å². The highest BCUT2D eigenvalue weighted by molar-refractivity contribution is 7.21. The molecule has 3 heterocycles. The number of benzene rings is 2. The number of hydrogen-bond donors (Lipinski definition) is 1. The van der Waals surface area contributed by atoms with Gasteiger partial charge in [0.15, 0.2) is 0 Å². The van der Waals surface area contributed by atoms with Gasteiger partial charge < -0.3 is 5.32 Å². The predicted molar refractivity (Wildman–Crippen MR) is 105 cm³/mol. The lowest BCUT2D eigenvalue weighted by Gasteiger charge is -2.08. The first-order valence-corrected chi connectivity index (χ1v) is 9.09. The van der Waals surface area contributed by atoms with Gasteiger partial charge in [-0.3, -0.25) is 0 Å². The lowest BCUT2D eigenvalue weighted by Crippen LogP contribution is -1.98. The van der Waals surface area contributed by atoms with E-state index >= 15 is 0 Å². The Balaban J connectivity index is 1.52. The number of tetrazole rings is 1. The molecule has 3 aromatic heterocycles. The van der Waals surface area contributed by atoms with Crippen molar-refractivity contribution >= 4 is 33.1 Å². The zero-order valence-electron chi connectivity index (χ0n) is 14.0. The molecule has 7 nitrogen and oxygen atoms in total. The Morgan fingerprint density at radius 3 is 2.70 bits per heavy atom. The average Bonchev–Trinajstić information content (AvgIpc) is 3.39. The van der Waals surface area contributed by atoms with Crippen LogP contribution in [0.25, 0.3) is 26.3 Å². The molecule has 0 radical (unpaired) electrons. The second-order valence-corrected chi connectivity index (χ2v) is 6.88. The molecule has 8 heteroatoms. The van der Waals surface area contributed by atoms with Crippen molar-refractivity contribution in [1.82, 2.24) is 30.2 Å². The molecule has 0 bridgehead atoms. The highest BCUT2D eigenvalue weighted by Gasteiger charge is 2.10. The quantitative estimate of drug-likeness (QED) is 0.513. The van der Waals surface area contributed by atoms with Crippen molar-refractivity contribution in [3.8, 4) is 16.1 Å². The Labute approximate surface area is 158 Å². The zero-order chi connectivity index (χ0) is 18.1. The van der Waals surface area contributed by atoms with Crippen molar-refractivity contribution in [2.24, 2.45) is 0 Å². The summed E-state index contributed by atoms with van der Waals surface area (Å²) >= 11 is 1.65. The number of hydrogen-bond acceptors (Lipinski definition) is 7. The van der Waals surface area contributed by atoms with Crippen molar-refractivity contribution < 1.29 is 0 Å². The van der Waals surface area contributed by atoms with Crippen LogP contribution < -0.4 is 5.32 Å². The maximum absolute atomic E-state index is 4.44. The molecule has 0 saturated heterocycles. The number of nitrogens with one attached hydrogen (secondary N) is 1. The molecule has 0 spiro atoms. The normalized spacial score (nSPS) is 11.0. The molecule has 27 heavy (non-hydrogen) atoms. The molecular weight excluding hydrogens is 358 g/mol. The number of thiophene rings is 1. The third kappa shape index (κ3) is 3.02. The molecule has 1 N–H and O–H groups in total. The topological polar surface area (TPSA) is 81.4 Å². The van der Waals surface area contributed by atoms with Crippen molar-refractivity contribution in [3.63, 3.8) is 0 Å². The number of nitrogens with zero attached hydrogens (tertiary/aromatic N) is 6. The van der Waals surface area contributed by atoms with E-state index in [1.165, 1.54) is 5.56 Å². The van der Waals surface area contributed by atoms with E-state index in [2.05, 4.69) is 49.0 Å². The van der Waals surface area contributed by atoms with Gasteiger partial charge in [0.2, 0.25) is 0 Å². The van der Waals surface area contributed by atoms with Crippen molar-refractivity contribution in [2.45, 2.75) is 0 Å². The Kier molecular flexibility index (Phi) is 3.80. The molecule has 5 rings (SSSR count). The molecule has 0 atom stereocenters. The Bertz CT molecular complexity index is 1200. The lowest BCUT2D eigenvalue weighted by atomic mass is 10.2. The van der Waals surface area contributed by atoms with E-state index in [1.54, 1.807) is 28.7 Å². The van der Waals surface area contributed by atoms with Gasteiger partial charge in [-0.2, -0.15) is 0 Å². The van der Waals surface area contributed by atoms with Gasteiger partial charge >= 0.3 is 0 Å². The van der Waals surface area contributed by atoms with Gasteiger partial charge in [0.25, 0.3) is 0 Å². The monoisotopic (exact) mass is 371 g/mol. The summed E-state index contributed by atoms with van der Waals surface area (Å²) in [5.74, 6) is 0.771. The van der Waals surface area contributed by atoms with Gasteiger partial charge in [0.05, 0.1) is 11.1 Å². The minimum atomic E-state index is 0.771. The molecule has 0 saturated carbocycles. The zero-order valence-corrected chi connectivity index (χ0v) is 14.8. The first-order chi connectivity index (χ1) is 13.4. The van der Waals surface area contributed by atoms with Gasteiger partial charge in [-0.15, -0.1) is 16.4 Å². The van der Waals surface area contributed by atoms with Crippen LogP contribution in [0.1, 0.15) is 0 Å². The van der Waals surface area contributed by atoms with Crippen molar-refractivity contribution in [2.75, 3.05) is 5.32 Å². The fourth-order valence-corrected chi connectivity index (χ4v) is 3.85. The van der Waals surface area contributed by atoms with E-state index in [0.29, 0.717) is 0 Å². The van der Waals surface area contributed by atoms with E-state index < -0.39 is 0 Å². The van der Waals surface area contributed by atoms with Gasteiger partial charge in [0.1, 0.15) is 23.3 Å². The molecule has 5 aromatic rings. The number of aromatic nitrogens is 6. The summed E-state index contributed by atoms with van der Waals surface area (Å²) in [6.07, 6.45) is 3.15. The first-order valence-electron chi connectivity index (χ1n) is 8.27. The van der Waals surface area contributed by atoms with Crippen LogP contribution in [0, 0.1) is 0 Å². The van der Waals surface area contributed by atoms with Crippen molar-refractivity contribution in [1.29, 1.82) is 0 Å². The third-order valence-electron chi connectivity index (χ3n) is 4.11. The molecule has 0 fully saturated rings. The van der Waals surface area contributed by atoms with Gasteiger partial charge in [-0.1, -0.05) is 36.4 Å². The Hall–Kier alpha value is -3.65. The second kappa shape index (κ2) is 6.58. The maximum Gasteiger partial charge on any atom is 0.143 e. The van der Waals surface area contributed by atoms with Crippen LogP contribution in [0.2, 0.25) is 0 Å². The predicted octanol–water partition coefficient (Wildman–Crippen LogP) is 4.08. The molecule has 0 aliphatic carbocycles. The summed E-state index contributed by atoms with van der Waals surface area (Å²) in [4.78, 5) is 11.0. The second-order valence-electron chi connectivity index (χ2n) is 5.85. The third-order valence-corrected chi connectivity index (χ3v) is 5.20. The van der Waals surface area contributed by atoms with Gasteiger partial charge in [-0.25, -0.2) is 14.6 Å². The summed E-state index contributed by atoms with van der Waals surface area (Å²) in [5.41, 5.74) is 2.94. The highest BCUT2D eigenvalue weighted by atomic mass is 32.1. The lowest BCUT2D eigenvalue weighted by molar-refractivity contribution is 0.789. The van der Waals surface area contributed by atoms with Crippen LogP contribution >= 0.6 is 11.3 Å². The minimum Gasteiger partial charge on any atom is -0.340 e. The highest BCUT2D eigenvalue weighted by Crippen LogP contribution is 2.35. The van der Waals surface area contributed by atoms with Gasteiger partial charge in [-0.05, 0) is 40.3 Å². The van der Waals surface area contributed by atoms with Crippen LogP contribution in [0.3, 0.4) is 0 Å². The smallest absolute Gasteiger partial charge is 0.143 e. The molecule has 2 aromatic carbocycles. The van der Waals surface area contributed by atoms with E-state index in [-0.39, 0.29) is 0 Å². The number of fused-ring (bicyclic) bond motifs is 1. The number of rotatable bonds is 4. The molecule has 0 amide bonds. The Morgan fingerprint density at radius 2 is 1.85 bits per heavy atom. The number of anilines is 2. The van der Waals surface area contributed by atoms with Crippen LogP contribution in [0.4, 0.5) is 11.5 Å². The average molecular weight is 371 g/mol. The van der Waals surface area contributed by atoms with Crippen LogP contribution in [-0.2, 0) is 0 Å². The molecule has 0 aliphatic heterocycles. The van der Waals surface area contributed by atoms with Crippen molar-refractivity contribution in [3.05, 3.63) is 73.3 Å². The summed E-state index contributed by atoms with van der Waals surface area (Å²) < 4.78 is 1.61. The molecule has 0 aliphatic rings. The molecule has 130 valence electrons. The molecular formula is C19H13N7S. The van der Waals surface area contributed by atoms with E-state index in [9.17, 15) is 0 Å². The molecule has 0 unspecified atom stereocenters. The summed E-state index contributed by atoms with van der Waals surface area (Å²) in [7, 11) is 0. The SMILES string of the molecule is c1ccc(-c2cc3c(Nc4cccc(-n5cnnn5)c4)ncnc3s2)cc1. The van der Waals surface area contributed by atoms with E-state index in [1.807, 2.05) is 42.5 Å². The summed E-state index contributed by atoms with van der Waals surface area (Å²) in [6.45, 7) is 0. The van der Waals surface area contributed by atoms with Gasteiger partial charge in [0, 0.05) is 10.6 Å². The first kappa shape index (κ1) is 15.6. The largest absolute Gasteiger partial charge is 0.340 e.